The van der Waals surface area contributed by atoms with Crippen LogP contribution in [0.25, 0.3) is 0 Å². The Hall–Kier alpha value is -1.10. The van der Waals surface area contributed by atoms with Gasteiger partial charge in [-0.25, -0.2) is 0 Å². The number of amides is 1. The molecule has 1 aliphatic rings. The predicted octanol–water partition coefficient (Wildman–Crippen LogP) is 1.57. The minimum Gasteiger partial charge on any atom is -0.480 e. The van der Waals surface area contributed by atoms with Crippen LogP contribution in [0.1, 0.15) is 46.5 Å². The summed E-state index contributed by atoms with van der Waals surface area (Å²) in [5.41, 5.74) is 0. The van der Waals surface area contributed by atoms with E-state index < -0.39 is 5.97 Å². The van der Waals surface area contributed by atoms with Gasteiger partial charge in [0.2, 0.25) is 5.91 Å². The lowest BCUT2D eigenvalue weighted by molar-refractivity contribution is -0.144. The first-order chi connectivity index (χ1) is 8.97. The summed E-state index contributed by atoms with van der Waals surface area (Å²) in [6.07, 6.45) is 4.13. The summed E-state index contributed by atoms with van der Waals surface area (Å²) in [5, 5.41) is 9.00. The van der Waals surface area contributed by atoms with E-state index in [4.69, 9.17) is 5.11 Å². The SMILES string of the molecule is CCC(C)N(CC(=O)O)C(C)C(=O)N1CCCCC1. The molecule has 2 atom stereocenters. The van der Waals surface area contributed by atoms with Crippen molar-refractivity contribution in [2.24, 2.45) is 0 Å². The molecule has 1 saturated heterocycles. The Morgan fingerprint density at radius 3 is 2.26 bits per heavy atom. The van der Waals surface area contributed by atoms with Gasteiger partial charge < -0.3 is 10.0 Å². The van der Waals surface area contributed by atoms with Crippen molar-refractivity contribution in [2.45, 2.75) is 58.5 Å². The smallest absolute Gasteiger partial charge is 0.317 e. The maximum absolute atomic E-state index is 12.4. The molecular weight excluding hydrogens is 244 g/mol. The molecule has 1 amide bonds. The third-order valence-corrected chi connectivity index (χ3v) is 4.00. The van der Waals surface area contributed by atoms with Crippen LogP contribution in [0, 0.1) is 0 Å². The molecule has 0 aromatic rings. The third kappa shape index (κ3) is 4.49. The van der Waals surface area contributed by atoms with Crippen molar-refractivity contribution in [3.05, 3.63) is 0 Å². The average Bonchev–Trinajstić information content (AvgIpc) is 2.43. The number of rotatable bonds is 6. The van der Waals surface area contributed by atoms with Gasteiger partial charge in [-0.05, 0) is 39.5 Å². The molecular formula is C14H26N2O3. The maximum Gasteiger partial charge on any atom is 0.317 e. The van der Waals surface area contributed by atoms with Crippen LogP contribution in [0.3, 0.4) is 0 Å². The molecule has 1 heterocycles. The topological polar surface area (TPSA) is 60.9 Å². The summed E-state index contributed by atoms with van der Waals surface area (Å²) >= 11 is 0. The normalized spacial score (nSPS) is 19.3. The molecule has 110 valence electrons. The van der Waals surface area contributed by atoms with E-state index >= 15 is 0 Å². The minimum absolute atomic E-state index is 0.0706. The van der Waals surface area contributed by atoms with Crippen LogP contribution in [0.4, 0.5) is 0 Å². The number of likely N-dealkylation sites (tertiary alicyclic amines) is 1. The second kappa shape index (κ2) is 7.48. The van der Waals surface area contributed by atoms with Crippen LogP contribution in [0.2, 0.25) is 0 Å². The number of carboxylic acids is 1. The zero-order chi connectivity index (χ0) is 14.4. The number of aliphatic carboxylic acids is 1. The fraction of sp³-hybridized carbons (Fsp3) is 0.857. The van der Waals surface area contributed by atoms with Gasteiger partial charge in [0.25, 0.3) is 0 Å². The number of carboxylic acid groups (broad SMARTS) is 1. The summed E-state index contributed by atoms with van der Waals surface area (Å²) in [6, 6.07) is -0.260. The molecule has 0 aromatic carbocycles. The van der Waals surface area contributed by atoms with E-state index in [0.29, 0.717) is 0 Å². The summed E-state index contributed by atoms with van der Waals surface area (Å²) in [4.78, 5) is 27.1. The van der Waals surface area contributed by atoms with E-state index in [0.717, 1.165) is 32.4 Å². The fourth-order valence-electron chi connectivity index (χ4n) is 2.59. The van der Waals surface area contributed by atoms with E-state index in [1.807, 2.05) is 25.7 Å². The van der Waals surface area contributed by atoms with Crippen LogP contribution in [-0.2, 0) is 9.59 Å². The lowest BCUT2D eigenvalue weighted by Crippen LogP contribution is -2.52. The van der Waals surface area contributed by atoms with Crippen molar-refractivity contribution in [1.82, 2.24) is 9.80 Å². The molecule has 1 rings (SSSR count). The van der Waals surface area contributed by atoms with Crippen LogP contribution < -0.4 is 0 Å². The van der Waals surface area contributed by atoms with Crippen molar-refractivity contribution < 1.29 is 14.7 Å². The second-order valence-corrected chi connectivity index (χ2v) is 5.39. The number of nitrogens with zero attached hydrogens (tertiary/aromatic N) is 2. The molecule has 0 radical (unpaired) electrons. The fourth-order valence-corrected chi connectivity index (χ4v) is 2.59. The van der Waals surface area contributed by atoms with E-state index in [9.17, 15) is 9.59 Å². The monoisotopic (exact) mass is 270 g/mol. The molecule has 0 aromatic heterocycles. The van der Waals surface area contributed by atoms with Gasteiger partial charge in [-0.2, -0.15) is 0 Å². The van der Waals surface area contributed by atoms with E-state index in [1.165, 1.54) is 6.42 Å². The van der Waals surface area contributed by atoms with Crippen LogP contribution >= 0.6 is 0 Å². The first-order valence-electron chi connectivity index (χ1n) is 7.23. The van der Waals surface area contributed by atoms with Gasteiger partial charge in [-0.1, -0.05) is 6.92 Å². The highest BCUT2D eigenvalue weighted by Crippen LogP contribution is 2.15. The summed E-state index contributed by atoms with van der Waals surface area (Å²) in [5.74, 6) is -0.806. The van der Waals surface area contributed by atoms with Gasteiger partial charge >= 0.3 is 5.97 Å². The third-order valence-electron chi connectivity index (χ3n) is 4.00. The van der Waals surface area contributed by atoms with Crippen LogP contribution in [0.5, 0.6) is 0 Å². The molecule has 5 nitrogen and oxygen atoms in total. The highest BCUT2D eigenvalue weighted by atomic mass is 16.4. The molecule has 5 heteroatoms. The highest BCUT2D eigenvalue weighted by Gasteiger charge is 2.30. The predicted molar refractivity (Wildman–Crippen MR) is 74.0 cm³/mol. The Morgan fingerprint density at radius 1 is 1.21 bits per heavy atom. The second-order valence-electron chi connectivity index (χ2n) is 5.39. The van der Waals surface area contributed by atoms with Crippen LogP contribution in [-0.4, -0.2) is 58.5 Å². The van der Waals surface area contributed by atoms with Gasteiger partial charge in [0.15, 0.2) is 0 Å². The molecule has 1 N–H and O–H groups in total. The number of hydrogen-bond acceptors (Lipinski definition) is 3. The standard InChI is InChI=1S/C14H26N2O3/c1-4-11(2)16(10-13(17)18)12(3)14(19)15-8-6-5-7-9-15/h11-12H,4-10H2,1-3H3,(H,17,18). The van der Waals surface area contributed by atoms with Crippen molar-refractivity contribution >= 4 is 11.9 Å². The Morgan fingerprint density at radius 2 is 1.79 bits per heavy atom. The summed E-state index contributed by atoms with van der Waals surface area (Å²) in [6.45, 7) is 7.36. The van der Waals surface area contributed by atoms with Crippen molar-refractivity contribution in [3.63, 3.8) is 0 Å². The molecule has 1 aliphatic heterocycles. The number of hydrogen-bond donors (Lipinski definition) is 1. The molecule has 0 bridgehead atoms. The largest absolute Gasteiger partial charge is 0.480 e. The zero-order valence-corrected chi connectivity index (χ0v) is 12.3. The number of carbonyl (C=O) groups excluding carboxylic acids is 1. The van der Waals surface area contributed by atoms with Gasteiger partial charge in [0, 0.05) is 19.1 Å². The number of piperidine rings is 1. The molecule has 0 spiro atoms. The number of carbonyl (C=O) groups is 2. The van der Waals surface area contributed by atoms with E-state index in [2.05, 4.69) is 0 Å². The molecule has 19 heavy (non-hydrogen) atoms. The Bertz CT molecular complexity index is 314. The maximum atomic E-state index is 12.4. The molecule has 1 fully saturated rings. The highest BCUT2D eigenvalue weighted by molar-refractivity contribution is 5.82. The Balaban J connectivity index is 2.70. The minimum atomic E-state index is -0.876. The Kier molecular flexibility index (Phi) is 6.28. The quantitative estimate of drug-likeness (QED) is 0.796. The van der Waals surface area contributed by atoms with Gasteiger partial charge in [0.1, 0.15) is 0 Å². The lowest BCUT2D eigenvalue weighted by Gasteiger charge is -2.36. The molecule has 2 unspecified atom stereocenters. The first kappa shape index (κ1) is 16.0. The lowest BCUT2D eigenvalue weighted by atomic mass is 10.1. The Labute approximate surface area is 115 Å². The van der Waals surface area contributed by atoms with Gasteiger partial charge in [-0.15, -0.1) is 0 Å². The average molecular weight is 270 g/mol. The van der Waals surface area contributed by atoms with Crippen LogP contribution in [0.15, 0.2) is 0 Å². The zero-order valence-electron chi connectivity index (χ0n) is 12.3. The molecule has 0 aliphatic carbocycles. The van der Waals surface area contributed by atoms with Gasteiger partial charge in [-0.3, -0.25) is 14.5 Å². The molecule has 0 saturated carbocycles. The van der Waals surface area contributed by atoms with E-state index in [-0.39, 0.29) is 24.5 Å². The van der Waals surface area contributed by atoms with E-state index in [1.54, 1.807) is 4.90 Å². The summed E-state index contributed by atoms with van der Waals surface area (Å²) in [7, 11) is 0. The first-order valence-corrected chi connectivity index (χ1v) is 7.23. The van der Waals surface area contributed by atoms with Gasteiger partial charge in [0.05, 0.1) is 12.6 Å². The summed E-state index contributed by atoms with van der Waals surface area (Å²) < 4.78 is 0. The van der Waals surface area contributed by atoms with Crippen molar-refractivity contribution in [1.29, 1.82) is 0 Å². The van der Waals surface area contributed by atoms with Crippen molar-refractivity contribution in [2.75, 3.05) is 19.6 Å². The van der Waals surface area contributed by atoms with Crippen molar-refractivity contribution in [3.8, 4) is 0 Å².